The number of nitrogens with zero attached hydrogens (tertiary/aromatic N) is 6. The zero-order chi connectivity index (χ0) is 36.1. The van der Waals surface area contributed by atoms with Crippen LogP contribution in [0.3, 0.4) is 0 Å². The molecule has 1 N–H and O–H groups in total. The monoisotopic (exact) mass is 747 g/mol. The van der Waals surface area contributed by atoms with Gasteiger partial charge in [0.2, 0.25) is 5.91 Å². The number of halogens is 3. The number of nitriles is 1. The molecule has 5 unspecified atom stereocenters. The van der Waals surface area contributed by atoms with Crippen molar-refractivity contribution in [3.8, 4) is 22.9 Å². The number of hydrogen-bond acceptors (Lipinski definition) is 6. The fourth-order valence-corrected chi connectivity index (χ4v) is 9.65. The van der Waals surface area contributed by atoms with E-state index in [9.17, 15) is 10.1 Å². The van der Waals surface area contributed by atoms with E-state index in [1.807, 2.05) is 42.3 Å². The molecule has 1 amide bonds. The summed E-state index contributed by atoms with van der Waals surface area (Å²) in [6, 6.07) is 17.7. The number of fused-ring (bicyclic) bond motifs is 5. The van der Waals surface area contributed by atoms with Crippen LogP contribution in [0.15, 0.2) is 60.9 Å². The average Bonchev–Trinajstić information content (AvgIpc) is 3.58. The Balaban J connectivity index is 1.17. The van der Waals surface area contributed by atoms with Gasteiger partial charge in [-0.25, -0.2) is 13.9 Å². The van der Waals surface area contributed by atoms with Gasteiger partial charge in [0.1, 0.15) is 17.1 Å². The molecular formula is C41H36Cl2FN7O2. The summed E-state index contributed by atoms with van der Waals surface area (Å²) in [7, 11) is 0. The van der Waals surface area contributed by atoms with Crippen molar-refractivity contribution in [2.45, 2.75) is 69.7 Å². The van der Waals surface area contributed by atoms with Gasteiger partial charge in [0.15, 0.2) is 11.6 Å². The van der Waals surface area contributed by atoms with E-state index in [0.29, 0.717) is 63.8 Å². The van der Waals surface area contributed by atoms with Gasteiger partial charge < -0.3 is 19.5 Å². The number of hydrogen-bond donors (Lipinski definition) is 1. The average molecular weight is 749 g/mol. The third-order valence-corrected chi connectivity index (χ3v) is 12.7. The maximum absolute atomic E-state index is 17.2. The summed E-state index contributed by atoms with van der Waals surface area (Å²) >= 11 is 13.1. The van der Waals surface area contributed by atoms with Crippen LogP contribution in [0.2, 0.25) is 10.0 Å². The van der Waals surface area contributed by atoms with E-state index < -0.39 is 5.82 Å². The Morgan fingerprint density at radius 2 is 2.00 bits per heavy atom. The van der Waals surface area contributed by atoms with Crippen LogP contribution in [0.4, 0.5) is 4.39 Å². The number of benzene rings is 2. The fourth-order valence-electron chi connectivity index (χ4n) is 9.25. The van der Waals surface area contributed by atoms with Gasteiger partial charge in [-0.1, -0.05) is 41.4 Å². The Hall–Kier alpha value is -4.69. The molecule has 0 spiro atoms. The molecule has 12 heteroatoms. The molecule has 2 bridgehead atoms. The molecule has 9 nitrogen and oxygen atoms in total. The zero-order valence-corrected chi connectivity index (χ0v) is 30.5. The highest BCUT2D eigenvalue weighted by Gasteiger charge is 2.51. The molecule has 11 rings (SSSR count). The Morgan fingerprint density at radius 1 is 1.13 bits per heavy atom. The molecule has 268 valence electrons. The van der Waals surface area contributed by atoms with Crippen LogP contribution in [0.1, 0.15) is 61.1 Å². The van der Waals surface area contributed by atoms with Crippen LogP contribution in [0.25, 0.3) is 38.4 Å². The number of nitrogens with one attached hydrogen (secondary N) is 1. The molecular weight excluding hydrogens is 712 g/mol. The van der Waals surface area contributed by atoms with Crippen LogP contribution in [-0.4, -0.2) is 55.2 Å². The number of aryl methyl sites for hydroxylation is 2. The highest BCUT2D eigenvalue weighted by Crippen LogP contribution is 2.51. The van der Waals surface area contributed by atoms with Gasteiger partial charge in [0.05, 0.1) is 46.5 Å². The zero-order valence-electron chi connectivity index (χ0n) is 29.0. The number of ether oxygens (including phenoxy) is 1. The number of likely N-dealkylation sites (tertiary alicyclic amines) is 1. The lowest BCUT2D eigenvalue weighted by Gasteiger charge is -2.39. The van der Waals surface area contributed by atoms with Crippen molar-refractivity contribution < 1.29 is 13.9 Å². The number of rotatable bonds is 8. The Kier molecular flexibility index (Phi) is 7.73. The van der Waals surface area contributed by atoms with E-state index in [-0.39, 0.29) is 53.0 Å². The molecule has 5 atom stereocenters. The van der Waals surface area contributed by atoms with Crippen LogP contribution >= 0.6 is 23.2 Å². The summed E-state index contributed by atoms with van der Waals surface area (Å²) in [5.41, 5.74) is 5.24. The normalized spacial score (nSPS) is 23.6. The Labute approximate surface area is 315 Å². The van der Waals surface area contributed by atoms with Crippen LogP contribution in [0.5, 0.6) is 5.75 Å². The van der Waals surface area contributed by atoms with Gasteiger partial charge in [-0.2, -0.15) is 10.4 Å². The third kappa shape index (κ3) is 5.15. The minimum Gasteiger partial charge on any atom is -0.485 e. The summed E-state index contributed by atoms with van der Waals surface area (Å²) in [5, 5.41) is 20.0. The van der Waals surface area contributed by atoms with E-state index in [4.69, 9.17) is 32.9 Å². The first-order valence-electron chi connectivity index (χ1n) is 18.4. The largest absolute Gasteiger partial charge is 0.485 e. The predicted molar refractivity (Wildman–Crippen MR) is 202 cm³/mol. The van der Waals surface area contributed by atoms with E-state index in [1.54, 1.807) is 28.9 Å². The maximum atomic E-state index is 17.2. The predicted octanol–water partition coefficient (Wildman–Crippen LogP) is 8.38. The maximum Gasteiger partial charge on any atom is 0.226 e. The molecule has 2 saturated carbocycles. The molecule has 6 aromatic rings. The van der Waals surface area contributed by atoms with E-state index in [0.717, 1.165) is 47.9 Å². The van der Waals surface area contributed by atoms with Crippen molar-refractivity contribution >= 4 is 56.4 Å². The number of amides is 1. The topological polar surface area (TPSA) is 100 Å². The lowest BCUT2D eigenvalue weighted by Crippen LogP contribution is -2.41. The number of aromatic nitrogens is 4. The number of pyridine rings is 2. The Morgan fingerprint density at radius 3 is 2.77 bits per heavy atom. The smallest absolute Gasteiger partial charge is 0.226 e. The van der Waals surface area contributed by atoms with Crippen molar-refractivity contribution in [3.05, 3.63) is 93.7 Å². The molecule has 4 aromatic heterocycles. The van der Waals surface area contributed by atoms with Crippen molar-refractivity contribution in [1.82, 2.24) is 29.4 Å². The van der Waals surface area contributed by atoms with Gasteiger partial charge >= 0.3 is 0 Å². The van der Waals surface area contributed by atoms with E-state index in [2.05, 4.69) is 27.1 Å². The minimum absolute atomic E-state index is 0.0327. The van der Waals surface area contributed by atoms with Crippen LogP contribution < -0.4 is 10.1 Å². The number of carbonyl (C=O) groups is 1. The van der Waals surface area contributed by atoms with Gasteiger partial charge in [-0.3, -0.25) is 4.79 Å². The molecule has 3 saturated heterocycles. The SMILES string of the molecule is Cc1nc2c(F)c(-c3cccc(Cl)c3Cl)c(CCC#N)cc2c2c1cc(C1CC(Oc3cnn4ccccc34)CN1C(=O)C1CC1)n2C1C2CNC1C2. The molecule has 3 aliphatic heterocycles. The summed E-state index contributed by atoms with van der Waals surface area (Å²) in [6.07, 6.45) is 7.41. The first kappa shape index (κ1) is 32.9. The highest BCUT2D eigenvalue weighted by atomic mass is 35.5. The second-order valence-corrected chi connectivity index (χ2v) is 15.9. The van der Waals surface area contributed by atoms with E-state index >= 15 is 4.39 Å². The van der Waals surface area contributed by atoms with Gasteiger partial charge in [0, 0.05) is 70.8 Å². The Bertz CT molecular complexity index is 2520. The first-order chi connectivity index (χ1) is 25.8. The summed E-state index contributed by atoms with van der Waals surface area (Å²) < 4.78 is 28.1. The second kappa shape index (κ2) is 12.4. The molecule has 2 aliphatic carbocycles. The molecule has 53 heavy (non-hydrogen) atoms. The molecule has 2 aromatic carbocycles. The lowest BCUT2D eigenvalue weighted by atomic mass is 9.79. The quantitative estimate of drug-likeness (QED) is 0.168. The van der Waals surface area contributed by atoms with Crippen molar-refractivity contribution in [3.63, 3.8) is 0 Å². The molecule has 5 fully saturated rings. The molecule has 5 aliphatic rings. The third-order valence-electron chi connectivity index (χ3n) is 11.9. The highest BCUT2D eigenvalue weighted by molar-refractivity contribution is 6.43. The van der Waals surface area contributed by atoms with Crippen molar-refractivity contribution in [1.29, 1.82) is 5.26 Å². The second-order valence-electron chi connectivity index (χ2n) is 15.1. The van der Waals surface area contributed by atoms with Crippen molar-refractivity contribution in [2.75, 3.05) is 13.1 Å². The minimum atomic E-state index is -0.484. The van der Waals surface area contributed by atoms with Crippen LogP contribution in [0, 0.1) is 35.9 Å². The summed E-state index contributed by atoms with van der Waals surface area (Å²) in [5.74, 6) is 0.816. The van der Waals surface area contributed by atoms with Gasteiger partial charge in [0.25, 0.3) is 0 Å². The summed E-state index contributed by atoms with van der Waals surface area (Å²) in [4.78, 5) is 21.1. The van der Waals surface area contributed by atoms with Gasteiger partial charge in [-0.05, 0) is 74.4 Å². The van der Waals surface area contributed by atoms with Crippen LogP contribution in [-0.2, 0) is 11.2 Å². The molecule has 7 heterocycles. The fraction of sp³-hybridized carbons (Fsp3) is 0.366. The number of carbonyl (C=O) groups excluding carboxylic acids is 1. The van der Waals surface area contributed by atoms with E-state index in [1.165, 1.54) is 0 Å². The standard InChI is InChI=1S/C41H36Cl2FN7O2/c1-21-27-17-33(32-16-25(20-49(32)41(52)22-10-11-22)53-34-19-47-50-13-3-2-9-31(34)50)51(39-24-15-30(39)46-18-24)40(27)28-14-23(6-5-12-45)35(37(44)38(28)48-21)26-7-4-8-29(42)36(26)43/h2-4,7-9,13-14,17,19,22,24-25,30,32,39,46H,5-6,10-11,15-16,18,20H2,1H3. The van der Waals surface area contributed by atoms with Gasteiger partial charge in [-0.15, -0.1) is 0 Å². The van der Waals surface area contributed by atoms with Crippen molar-refractivity contribution in [2.24, 2.45) is 11.8 Å². The molecule has 0 radical (unpaired) electrons. The summed E-state index contributed by atoms with van der Waals surface area (Å²) in [6.45, 7) is 3.30. The first-order valence-corrected chi connectivity index (χ1v) is 19.2. The lowest BCUT2D eigenvalue weighted by molar-refractivity contribution is -0.133.